The van der Waals surface area contributed by atoms with Gasteiger partial charge < -0.3 is 15.2 Å². The first-order chi connectivity index (χ1) is 10.9. The zero-order chi connectivity index (χ0) is 18.1. The second-order valence-corrected chi connectivity index (χ2v) is 4.49. The van der Waals surface area contributed by atoms with Crippen LogP contribution in [0.4, 0.5) is 36.4 Å². The Balaban J connectivity index is 2.38. The highest BCUT2D eigenvalue weighted by atomic mass is 19.4. The van der Waals surface area contributed by atoms with Crippen molar-refractivity contribution in [2.45, 2.75) is 12.7 Å². The Morgan fingerprint density at radius 2 is 1.42 bits per heavy atom. The fourth-order valence-electron chi connectivity index (χ4n) is 1.86. The van der Waals surface area contributed by atoms with E-state index in [4.69, 9.17) is 5.73 Å². The minimum absolute atomic E-state index is 0.0200. The molecule has 0 unspecified atom stereocenters. The summed E-state index contributed by atoms with van der Waals surface area (Å²) in [4.78, 5) is 0. The maximum absolute atomic E-state index is 13.7. The van der Waals surface area contributed by atoms with Crippen molar-refractivity contribution in [3.05, 3.63) is 42.2 Å². The molecular weight excluding hydrogens is 347 g/mol. The molecule has 10 heteroatoms. The number of hydrogen-bond donors (Lipinski definition) is 1. The van der Waals surface area contributed by atoms with Crippen LogP contribution in [0.15, 0.2) is 36.4 Å². The van der Waals surface area contributed by atoms with E-state index in [9.17, 15) is 30.7 Å². The summed E-state index contributed by atoms with van der Waals surface area (Å²) in [5, 5.41) is 0. The summed E-state index contributed by atoms with van der Waals surface area (Å²) in [6, 6.07) is 5.30. The molecule has 24 heavy (non-hydrogen) atoms. The van der Waals surface area contributed by atoms with Crippen LogP contribution in [-0.2, 0) is 0 Å². The molecule has 0 aliphatic carbocycles. The van der Waals surface area contributed by atoms with Crippen molar-refractivity contribution in [2.24, 2.45) is 0 Å². The average molecular weight is 355 g/mol. The summed E-state index contributed by atoms with van der Waals surface area (Å²) < 4.78 is 93.8. The first-order valence-corrected chi connectivity index (χ1v) is 6.15. The number of rotatable bonds is 3. The van der Waals surface area contributed by atoms with E-state index in [1.807, 2.05) is 0 Å². The lowest BCUT2D eigenvalue weighted by Crippen LogP contribution is -2.18. The van der Waals surface area contributed by atoms with E-state index in [1.54, 1.807) is 0 Å². The van der Waals surface area contributed by atoms with Gasteiger partial charge in [0, 0.05) is 11.3 Å². The Bertz CT molecular complexity index is 741. The van der Waals surface area contributed by atoms with Gasteiger partial charge in [0.1, 0.15) is 5.75 Å². The van der Waals surface area contributed by atoms with Crippen LogP contribution in [0.3, 0.4) is 0 Å². The summed E-state index contributed by atoms with van der Waals surface area (Å²) in [6.07, 6.45) is -10.0. The Labute approximate surface area is 130 Å². The minimum Gasteiger partial charge on any atom is -0.406 e. The van der Waals surface area contributed by atoms with E-state index in [2.05, 4.69) is 9.47 Å². The van der Waals surface area contributed by atoms with Gasteiger partial charge in [0.2, 0.25) is 0 Å². The lowest BCUT2D eigenvalue weighted by molar-refractivity contribution is -0.276. The van der Waals surface area contributed by atoms with E-state index in [0.29, 0.717) is 12.1 Å². The van der Waals surface area contributed by atoms with Crippen LogP contribution < -0.4 is 15.2 Å². The molecule has 0 bridgehead atoms. The van der Waals surface area contributed by atoms with E-state index in [-0.39, 0.29) is 16.8 Å². The van der Waals surface area contributed by atoms with Crippen molar-refractivity contribution in [3.63, 3.8) is 0 Å². The Kier molecular flexibility index (Phi) is 4.50. The molecule has 2 aromatic rings. The lowest BCUT2D eigenvalue weighted by atomic mass is 10.0. The number of nitrogen functional groups attached to an aromatic ring is 1. The average Bonchev–Trinajstić information content (AvgIpc) is 2.40. The predicted molar refractivity (Wildman–Crippen MR) is 69.6 cm³/mol. The predicted octanol–water partition coefficient (Wildman–Crippen LogP) is 4.87. The lowest BCUT2D eigenvalue weighted by Gasteiger charge is -2.13. The monoisotopic (exact) mass is 355 g/mol. The van der Waals surface area contributed by atoms with Crippen molar-refractivity contribution >= 4 is 5.69 Å². The Hall–Kier alpha value is -2.65. The molecule has 0 aromatic heterocycles. The fourth-order valence-corrected chi connectivity index (χ4v) is 1.86. The van der Waals surface area contributed by atoms with Crippen molar-refractivity contribution in [1.82, 2.24) is 0 Å². The molecular formula is C14H8F7NO2. The highest BCUT2D eigenvalue weighted by Gasteiger charge is 2.33. The topological polar surface area (TPSA) is 44.5 Å². The van der Waals surface area contributed by atoms with E-state index < -0.39 is 30.0 Å². The largest absolute Gasteiger partial charge is 0.573 e. The van der Waals surface area contributed by atoms with Gasteiger partial charge >= 0.3 is 12.7 Å². The standard InChI is InChI=1S/C14H8F7NO2/c15-10-5-7(1-4-12(10)24-14(19,20)21)9-6-8(2-3-11(9)22)23-13(16,17)18/h1-6H,22H2. The van der Waals surface area contributed by atoms with Gasteiger partial charge in [0.05, 0.1) is 0 Å². The van der Waals surface area contributed by atoms with Crippen LogP contribution in [-0.4, -0.2) is 12.7 Å². The Morgan fingerprint density at radius 1 is 0.792 bits per heavy atom. The molecule has 2 N–H and O–H groups in total. The number of ether oxygens (including phenoxy) is 2. The van der Waals surface area contributed by atoms with Crippen LogP contribution in [0.2, 0.25) is 0 Å². The first kappa shape index (κ1) is 17.7. The molecule has 0 aliphatic rings. The van der Waals surface area contributed by atoms with Crippen LogP contribution in [0.1, 0.15) is 0 Å². The fraction of sp³-hybridized carbons (Fsp3) is 0.143. The van der Waals surface area contributed by atoms with Gasteiger partial charge in [-0.25, -0.2) is 4.39 Å². The van der Waals surface area contributed by atoms with Gasteiger partial charge in [0.15, 0.2) is 11.6 Å². The highest BCUT2D eigenvalue weighted by Crippen LogP contribution is 2.35. The number of alkyl halides is 6. The molecule has 0 saturated carbocycles. The quantitative estimate of drug-likeness (QED) is 0.631. The third-order valence-electron chi connectivity index (χ3n) is 2.73. The third-order valence-corrected chi connectivity index (χ3v) is 2.73. The maximum atomic E-state index is 13.7. The zero-order valence-corrected chi connectivity index (χ0v) is 11.5. The first-order valence-electron chi connectivity index (χ1n) is 6.15. The SMILES string of the molecule is Nc1ccc(OC(F)(F)F)cc1-c1ccc(OC(F)(F)F)c(F)c1. The van der Waals surface area contributed by atoms with Crippen molar-refractivity contribution in [1.29, 1.82) is 0 Å². The van der Waals surface area contributed by atoms with Gasteiger partial charge in [-0.15, -0.1) is 26.3 Å². The number of nitrogens with two attached hydrogens (primary N) is 1. The number of hydrogen-bond acceptors (Lipinski definition) is 3. The molecule has 130 valence electrons. The molecule has 0 aliphatic heterocycles. The van der Waals surface area contributed by atoms with Gasteiger partial charge in [-0.1, -0.05) is 6.07 Å². The van der Waals surface area contributed by atoms with Crippen molar-refractivity contribution in [3.8, 4) is 22.6 Å². The van der Waals surface area contributed by atoms with Crippen molar-refractivity contribution < 1.29 is 40.2 Å². The van der Waals surface area contributed by atoms with Gasteiger partial charge in [-0.3, -0.25) is 0 Å². The van der Waals surface area contributed by atoms with E-state index in [1.165, 1.54) is 0 Å². The summed E-state index contributed by atoms with van der Waals surface area (Å²) in [7, 11) is 0. The van der Waals surface area contributed by atoms with E-state index >= 15 is 0 Å². The van der Waals surface area contributed by atoms with Crippen LogP contribution in [0.25, 0.3) is 11.1 Å². The molecule has 2 aromatic carbocycles. The molecule has 0 saturated heterocycles. The molecule has 0 radical (unpaired) electrons. The number of halogens is 7. The Morgan fingerprint density at radius 3 is 1.96 bits per heavy atom. The van der Waals surface area contributed by atoms with Crippen LogP contribution in [0, 0.1) is 5.82 Å². The second kappa shape index (κ2) is 6.10. The highest BCUT2D eigenvalue weighted by molar-refractivity contribution is 5.78. The summed E-state index contributed by atoms with van der Waals surface area (Å²) >= 11 is 0. The smallest absolute Gasteiger partial charge is 0.406 e. The molecule has 2 rings (SSSR count). The molecule has 0 spiro atoms. The maximum Gasteiger partial charge on any atom is 0.573 e. The van der Waals surface area contributed by atoms with E-state index in [0.717, 1.165) is 24.3 Å². The zero-order valence-electron chi connectivity index (χ0n) is 11.5. The van der Waals surface area contributed by atoms with Gasteiger partial charge in [-0.05, 0) is 35.9 Å². The second-order valence-electron chi connectivity index (χ2n) is 4.49. The molecule has 0 atom stereocenters. The number of anilines is 1. The molecule has 0 heterocycles. The van der Waals surface area contributed by atoms with Crippen LogP contribution >= 0.6 is 0 Å². The summed E-state index contributed by atoms with van der Waals surface area (Å²) in [5.41, 5.74) is 5.49. The van der Waals surface area contributed by atoms with Crippen LogP contribution in [0.5, 0.6) is 11.5 Å². The van der Waals surface area contributed by atoms with Crippen molar-refractivity contribution in [2.75, 3.05) is 5.73 Å². The summed E-state index contributed by atoms with van der Waals surface area (Å²) in [6.45, 7) is 0. The molecule has 0 amide bonds. The third kappa shape index (κ3) is 4.67. The normalized spacial score (nSPS) is 12.1. The summed E-state index contributed by atoms with van der Waals surface area (Å²) in [5.74, 6) is -3.04. The minimum atomic E-state index is -5.08. The van der Waals surface area contributed by atoms with Gasteiger partial charge in [0.25, 0.3) is 0 Å². The molecule has 0 fully saturated rings. The molecule has 3 nitrogen and oxygen atoms in total. The number of benzene rings is 2. The van der Waals surface area contributed by atoms with Gasteiger partial charge in [-0.2, -0.15) is 0 Å².